The lowest BCUT2D eigenvalue weighted by Gasteiger charge is -2.26. The van der Waals surface area contributed by atoms with Crippen LogP contribution in [0, 0.1) is 17.6 Å². The summed E-state index contributed by atoms with van der Waals surface area (Å²) < 4.78 is 38.6. The van der Waals surface area contributed by atoms with E-state index >= 15 is 0 Å². The molecule has 3 rings (SSSR count). The van der Waals surface area contributed by atoms with Crippen LogP contribution in [0.4, 0.5) is 8.78 Å². The molecule has 0 spiro atoms. The van der Waals surface area contributed by atoms with Gasteiger partial charge in [0.15, 0.2) is 5.78 Å². The standard InChI is InChI=1S/C14H14F2O2S/c15-9-1-4-13(16)12(7-9)14(17)8-5-10-2-3-11(6-8)19(10)18/h1,4,7-8,10-11H,2-3,5-6H2. The van der Waals surface area contributed by atoms with Crippen LogP contribution in [0.3, 0.4) is 0 Å². The molecule has 2 nitrogen and oxygen atoms in total. The molecule has 2 bridgehead atoms. The fourth-order valence-electron chi connectivity index (χ4n) is 3.15. The Morgan fingerprint density at radius 3 is 2.42 bits per heavy atom. The molecular weight excluding hydrogens is 270 g/mol. The lowest BCUT2D eigenvalue weighted by atomic mass is 9.90. The van der Waals surface area contributed by atoms with E-state index < -0.39 is 22.4 Å². The van der Waals surface area contributed by atoms with E-state index in [9.17, 15) is 17.8 Å². The number of fused-ring (bicyclic) bond motifs is 2. The molecule has 0 saturated carbocycles. The molecule has 2 aliphatic rings. The molecule has 1 aromatic rings. The highest BCUT2D eigenvalue weighted by atomic mass is 32.2. The molecule has 1 aromatic carbocycles. The number of rotatable bonds is 2. The van der Waals surface area contributed by atoms with Gasteiger partial charge in [-0.3, -0.25) is 9.00 Å². The number of ketones is 1. The molecule has 0 aromatic heterocycles. The highest BCUT2D eigenvalue weighted by Crippen LogP contribution is 2.40. The Morgan fingerprint density at radius 1 is 1.16 bits per heavy atom. The predicted molar refractivity (Wildman–Crippen MR) is 68.4 cm³/mol. The average Bonchev–Trinajstić information content (AvgIpc) is 2.64. The van der Waals surface area contributed by atoms with Crippen LogP contribution in [-0.4, -0.2) is 20.5 Å². The number of hydrogen-bond donors (Lipinski definition) is 0. The van der Waals surface area contributed by atoms with Crippen LogP contribution in [0.1, 0.15) is 36.0 Å². The fourth-order valence-corrected chi connectivity index (χ4v) is 5.28. The number of halogens is 2. The zero-order chi connectivity index (χ0) is 13.6. The van der Waals surface area contributed by atoms with Crippen molar-refractivity contribution in [2.75, 3.05) is 0 Å². The van der Waals surface area contributed by atoms with Gasteiger partial charge >= 0.3 is 0 Å². The van der Waals surface area contributed by atoms with Crippen molar-refractivity contribution < 1.29 is 17.8 Å². The molecule has 2 heterocycles. The van der Waals surface area contributed by atoms with Crippen LogP contribution in [0.15, 0.2) is 18.2 Å². The third kappa shape index (κ3) is 2.24. The predicted octanol–water partition coefficient (Wildman–Crippen LogP) is 2.84. The van der Waals surface area contributed by atoms with Crippen molar-refractivity contribution in [1.29, 1.82) is 0 Å². The van der Waals surface area contributed by atoms with Gasteiger partial charge in [-0.05, 0) is 43.9 Å². The number of hydrogen-bond acceptors (Lipinski definition) is 2. The third-order valence-corrected chi connectivity index (χ3v) is 6.30. The zero-order valence-corrected chi connectivity index (χ0v) is 11.1. The van der Waals surface area contributed by atoms with E-state index in [0.717, 1.165) is 31.0 Å². The van der Waals surface area contributed by atoms with Gasteiger partial charge < -0.3 is 0 Å². The minimum Gasteiger partial charge on any atom is -0.294 e. The summed E-state index contributed by atoms with van der Waals surface area (Å²) in [6.45, 7) is 0. The van der Waals surface area contributed by atoms with Gasteiger partial charge in [0.25, 0.3) is 0 Å². The maximum atomic E-state index is 13.6. The molecule has 2 atom stereocenters. The lowest BCUT2D eigenvalue weighted by molar-refractivity contribution is 0.0901. The minimum atomic E-state index is -0.842. The van der Waals surface area contributed by atoms with Crippen molar-refractivity contribution in [1.82, 2.24) is 0 Å². The second-order valence-electron chi connectivity index (χ2n) is 5.31. The Bertz CT molecular complexity index is 542. The maximum Gasteiger partial charge on any atom is 0.169 e. The normalized spacial score (nSPS) is 33.4. The van der Waals surface area contributed by atoms with E-state index in [1.807, 2.05) is 0 Å². The Morgan fingerprint density at radius 2 is 1.79 bits per heavy atom. The van der Waals surface area contributed by atoms with E-state index in [4.69, 9.17) is 0 Å². The molecule has 5 heteroatoms. The third-order valence-electron chi connectivity index (χ3n) is 4.13. The largest absolute Gasteiger partial charge is 0.294 e. The van der Waals surface area contributed by atoms with E-state index in [-0.39, 0.29) is 27.8 Å². The molecule has 0 N–H and O–H groups in total. The van der Waals surface area contributed by atoms with Crippen molar-refractivity contribution in [3.63, 3.8) is 0 Å². The monoisotopic (exact) mass is 284 g/mol. The number of Topliss-reactive ketones (excluding diaryl/α,β-unsaturated/α-hetero) is 1. The summed E-state index contributed by atoms with van der Waals surface area (Å²) in [5, 5.41) is 0.119. The first-order valence-electron chi connectivity index (χ1n) is 6.45. The van der Waals surface area contributed by atoms with Gasteiger partial charge in [-0.15, -0.1) is 0 Å². The molecular formula is C14H14F2O2S. The highest BCUT2D eigenvalue weighted by molar-refractivity contribution is 7.86. The molecule has 0 radical (unpaired) electrons. The Balaban J connectivity index is 1.85. The molecule has 2 aliphatic heterocycles. The van der Waals surface area contributed by atoms with Crippen LogP contribution in [0.5, 0.6) is 0 Å². The van der Waals surface area contributed by atoms with E-state index in [0.29, 0.717) is 12.8 Å². The summed E-state index contributed by atoms with van der Waals surface area (Å²) in [7, 11) is -0.842. The lowest BCUT2D eigenvalue weighted by Crippen LogP contribution is -2.32. The van der Waals surface area contributed by atoms with E-state index in [2.05, 4.69) is 0 Å². The van der Waals surface area contributed by atoms with Crippen molar-refractivity contribution in [2.24, 2.45) is 5.92 Å². The SMILES string of the molecule is O=C(c1cc(F)ccc1F)C1CC2CCC(C1)S2=O. The summed E-state index contributed by atoms with van der Waals surface area (Å²) in [5.41, 5.74) is -0.169. The van der Waals surface area contributed by atoms with E-state index in [1.165, 1.54) is 0 Å². The van der Waals surface area contributed by atoms with Crippen LogP contribution in [-0.2, 0) is 10.8 Å². The summed E-state index contributed by atoms with van der Waals surface area (Å²) in [5.74, 6) is -1.94. The average molecular weight is 284 g/mol. The Labute approximate surface area is 112 Å². The number of carbonyl (C=O) groups excluding carboxylic acids is 1. The second-order valence-corrected chi connectivity index (χ2v) is 7.30. The molecule has 2 fully saturated rings. The fraction of sp³-hybridized carbons (Fsp3) is 0.500. The van der Waals surface area contributed by atoms with Gasteiger partial charge in [-0.25, -0.2) is 8.78 Å². The molecule has 0 aliphatic carbocycles. The first kappa shape index (κ1) is 12.9. The van der Waals surface area contributed by atoms with Crippen molar-refractivity contribution in [2.45, 2.75) is 36.2 Å². The van der Waals surface area contributed by atoms with Crippen LogP contribution in [0.2, 0.25) is 0 Å². The van der Waals surface area contributed by atoms with Gasteiger partial charge in [0.1, 0.15) is 11.6 Å². The quantitative estimate of drug-likeness (QED) is 0.783. The first-order valence-corrected chi connectivity index (χ1v) is 7.72. The van der Waals surface area contributed by atoms with Crippen LogP contribution < -0.4 is 0 Å². The number of carbonyl (C=O) groups is 1. The van der Waals surface area contributed by atoms with Crippen molar-refractivity contribution in [3.8, 4) is 0 Å². The van der Waals surface area contributed by atoms with Crippen molar-refractivity contribution >= 4 is 16.6 Å². The first-order chi connectivity index (χ1) is 9.06. The topological polar surface area (TPSA) is 34.1 Å². The summed E-state index contributed by atoms with van der Waals surface area (Å²) in [6.07, 6.45) is 2.84. The van der Waals surface area contributed by atoms with Gasteiger partial charge in [0, 0.05) is 27.2 Å². The molecule has 102 valence electrons. The van der Waals surface area contributed by atoms with Crippen LogP contribution in [0.25, 0.3) is 0 Å². The van der Waals surface area contributed by atoms with Crippen LogP contribution >= 0.6 is 0 Å². The van der Waals surface area contributed by atoms with Gasteiger partial charge in [0.05, 0.1) is 5.56 Å². The van der Waals surface area contributed by atoms with Gasteiger partial charge in [-0.1, -0.05) is 0 Å². The summed E-state index contributed by atoms with van der Waals surface area (Å²) in [6, 6.07) is 2.95. The van der Waals surface area contributed by atoms with Crippen molar-refractivity contribution in [3.05, 3.63) is 35.4 Å². The van der Waals surface area contributed by atoms with E-state index in [1.54, 1.807) is 0 Å². The Kier molecular flexibility index (Phi) is 3.25. The molecule has 0 amide bonds. The second kappa shape index (κ2) is 4.78. The maximum absolute atomic E-state index is 13.6. The Hall–Kier alpha value is -1.10. The molecule has 2 saturated heterocycles. The van der Waals surface area contributed by atoms with Gasteiger partial charge in [0.2, 0.25) is 0 Å². The minimum absolute atomic E-state index is 0.0596. The molecule has 19 heavy (non-hydrogen) atoms. The highest BCUT2D eigenvalue weighted by Gasteiger charge is 2.43. The smallest absolute Gasteiger partial charge is 0.169 e. The number of benzene rings is 1. The zero-order valence-electron chi connectivity index (χ0n) is 10.3. The summed E-state index contributed by atoms with van der Waals surface area (Å²) in [4.78, 5) is 12.3. The van der Waals surface area contributed by atoms with Gasteiger partial charge in [-0.2, -0.15) is 0 Å². The molecule has 2 unspecified atom stereocenters. The summed E-state index contributed by atoms with van der Waals surface area (Å²) >= 11 is 0.